The van der Waals surface area contributed by atoms with E-state index in [1.54, 1.807) is 24.3 Å². The van der Waals surface area contributed by atoms with E-state index in [2.05, 4.69) is 10.6 Å². The van der Waals surface area contributed by atoms with Crippen molar-refractivity contribution < 1.29 is 14.4 Å². The molecule has 1 aromatic rings. The van der Waals surface area contributed by atoms with Crippen molar-refractivity contribution in [1.29, 1.82) is 0 Å². The summed E-state index contributed by atoms with van der Waals surface area (Å²) in [6.45, 7) is 2.16. The Labute approximate surface area is 177 Å². The molecule has 5 fully saturated rings. The predicted molar refractivity (Wildman–Crippen MR) is 115 cm³/mol. The van der Waals surface area contributed by atoms with Crippen LogP contribution >= 0.6 is 0 Å². The van der Waals surface area contributed by atoms with Crippen LogP contribution in [0.4, 0.5) is 11.4 Å². The third-order valence-electron chi connectivity index (χ3n) is 7.78. The second-order valence-electron chi connectivity index (χ2n) is 10.1. The van der Waals surface area contributed by atoms with Gasteiger partial charge in [0.25, 0.3) is 0 Å². The number of amides is 3. The van der Waals surface area contributed by atoms with Gasteiger partial charge >= 0.3 is 0 Å². The largest absolute Gasteiger partial charge is 0.330 e. The Hall–Kier alpha value is -2.37. The molecule has 0 unspecified atom stereocenters. The normalized spacial score (nSPS) is 34.1. The van der Waals surface area contributed by atoms with Crippen molar-refractivity contribution >= 4 is 29.1 Å². The minimum absolute atomic E-state index is 0.0992. The number of anilines is 2. The fraction of sp³-hybridized carbons (Fsp3) is 0.625. The van der Waals surface area contributed by atoms with E-state index < -0.39 is 0 Å². The maximum atomic E-state index is 13.7. The number of rotatable bonds is 4. The number of carbonyl (C=O) groups excluding carboxylic acids is 3. The first-order valence-corrected chi connectivity index (χ1v) is 11.4. The Morgan fingerprint density at radius 3 is 1.97 bits per heavy atom. The molecule has 4 saturated carbocycles. The van der Waals surface area contributed by atoms with E-state index in [0.717, 1.165) is 49.9 Å². The van der Waals surface area contributed by atoms with Crippen LogP contribution in [-0.4, -0.2) is 35.2 Å². The zero-order valence-electron chi connectivity index (χ0n) is 17.7. The summed E-state index contributed by atoms with van der Waals surface area (Å²) in [4.78, 5) is 39.8. The second-order valence-corrected chi connectivity index (χ2v) is 10.1. The van der Waals surface area contributed by atoms with Crippen LogP contribution < -0.4 is 10.6 Å². The molecule has 0 aromatic heterocycles. The van der Waals surface area contributed by atoms with E-state index in [9.17, 15) is 14.4 Å². The standard InChI is InChI=1S/C24H31N3O3/c1-15(28)25-19-4-6-20(7-5-19)26-22(29)21-3-2-8-27(21)23(30)24-12-16-9-17(13-24)11-18(10-16)14-24/h4-7,16-18,21H,2-3,8-14H2,1H3,(H,25,28)(H,26,29)/t16?,17?,18?,21-,24?/m0/s1. The van der Waals surface area contributed by atoms with Crippen LogP contribution in [0.2, 0.25) is 0 Å². The average molecular weight is 410 g/mol. The fourth-order valence-corrected chi connectivity index (χ4v) is 7.03. The lowest BCUT2D eigenvalue weighted by Crippen LogP contribution is -2.56. The van der Waals surface area contributed by atoms with Crippen molar-refractivity contribution in [2.45, 2.75) is 64.3 Å². The topological polar surface area (TPSA) is 78.5 Å². The third kappa shape index (κ3) is 3.50. The lowest BCUT2D eigenvalue weighted by Gasteiger charge is -2.56. The number of benzene rings is 1. The molecule has 6 heteroatoms. The number of hydrogen-bond donors (Lipinski definition) is 2. The average Bonchev–Trinajstić information content (AvgIpc) is 3.17. The SMILES string of the molecule is CC(=O)Nc1ccc(NC(=O)[C@@H]2CCCN2C(=O)C23CC4CC(CC(C4)C2)C3)cc1. The van der Waals surface area contributed by atoms with E-state index in [0.29, 0.717) is 17.9 Å². The van der Waals surface area contributed by atoms with Gasteiger partial charge in [-0.1, -0.05) is 0 Å². The van der Waals surface area contributed by atoms with Gasteiger partial charge in [-0.05, 0) is 93.4 Å². The van der Waals surface area contributed by atoms with Gasteiger partial charge in [0, 0.05) is 24.8 Å². The molecule has 0 spiro atoms. The zero-order chi connectivity index (χ0) is 20.9. The van der Waals surface area contributed by atoms with Gasteiger partial charge in [0.1, 0.15) is 6.04 Å². The van der Waals surface area contributed by atoms with Crippen LogP contribution in [0.3, 0.4) is 0 Å². The molecule has 0 radical (unpaired) electrons. The van der Waals surface area contributed by atoms with Crippen molar-refractivity contribution in [3.05, 3.63) is 24.3 Å². The van der Waals surface area contributed by atoms with Gasteiger partial charge in [-0.25, -0.2) is 0 Å². The number of nitrogens with one attached hydrogen (secondary N) is 2. The molecule has 1 heterocycles. The summed E-state index contributed by atoms with van der Waals surface area (Å²) in [6, 6.07) is 6.72. The van der Waals surface area contributed by atoms with Crippen LogP contribution in [-0.2, 0) is 14.4 Å². The first kappa shape index (κ1) is 19.6. The molecular formula is C24H31N3O3. The van der Waals surface area contributed by atoms with Gasteiger partial charge in [-0.3, -0.25) is 14.4 Å². The molecule has 6 rings (SSSR count). The summed E-state index contributed by atoms with van der Waals surface area (Å²) in [5.74, 6) is 2.18. The van der Waals surface area contributed by atoms with E-state index in [1.165, 1.54) is 26.2 Å². The van der Waals surface area contributed by atoms with Crippen molar-refractivity contribution in [3.8, 4) is 0 Å². The van der Waals surface area contributed by atoms with Crippen LogP contribution in [0.5, 0.6) is 0 Å². The van der Waals surface area contributed by atoms with Crippen LogP contribution in [0, 0.1) is 23.2 Å². The maximum Gasteiger partial charge on any atom is 0.247 e. The van der Waals surface area contributed by atoms with Crippen molar-refractivity contribution in [2.24, 2.45) is 23.2 Å². The van der Waals surface area contributed by atoms with Crippen LogP contribution in [0.1, 0.15) is 58.3 Å². The quantitative estimate of drug-likeness (QED) is 0.794. The highest BCUT2D eigenvalue weighted by atomic mass is 16.2. The Bertz CT molecular complexity index is 828. The maximum absolute atomic E-state index is 13.7. The second kappa shape index (κ2) is 7.40. The molecule has 2 N–H and O–H groups in total. The number of carbonyl (C=O) groups is 3. The highest BCUT2D eigenvalue weighted by Crippen LogP contribution is 2.60. The molecule has 4 bridgehead atoms. The molecule has 6 nitrogen and oxygen atoms in total. The highest BCUT2D eigenvalue weighted by Gasteiger charge is 2.56. The van der Waals surface area contributed by atoms with E-state index in [-0.39, 0.29) is 29.2 Å². The summed E-state index contributed by atoms with van der Waals surface area (Å²) >= 11 is 0. The summed E-state index contributed by atoms with van der Waals surface area (Å²) in [5, 5.41) is 5.70. The van der Waals surface area contributed by atoms with E-state index >= 15 is 0 Å². The summed E-state index contributed by atoms with van der Waals surface area (Å²) in [7, 11) is 0. The molecule has 5 aliphatic rings. The first-order chi connectivity index (χ1) is 14.4. The Morgan fingerprint density at radius 2 is 1.43 bits per heavy atom. The molecule has 1 aromatic carbocycles. The molecule has 30 heavy (non-hydrogen) atoms. The zero-order valence-corrected chi connectivity index (χ0v) is 17.7. The number of likely N-dealkylation sites (tertiary alicyclic amines) is 1. The monoisotopic (exact) mass is 409 g/mol. The first-order valence-electron chi connectivity index (χ1n) is 11.4. The van der Waals surface area contributed by atoms with Gasteiger partial charge < -0.3 is 15.5 Å². The third-order valence-corrected chi connectivity index (χ3v) is 7.78. The Morgan fingerprint density at radius 1 is 0.900 bits per heavy atom. The fourth-order valence-electron chi connectivity index (χ4n) is 7.03. The summed E-state index contributed by atoms with van der Waals surface area (Å²) in [5.41, 5.74) is 1.18. The molecule has 160 valence electrons. The molecular weight excluding hydrogens is 378 g/mol. The van der Waals surface area contributed by atoms with E-state index in [1.807, 2.05) is 4.90 Å². The Kier molecular flexibility index (Phi) is 4.83. The number of hydrogen-bond acceptors (Lipinski definition) is 3. The lowest BCUT2D eigenvalue weighted by atomic mass is 9.49. The van der Waals surface area contributed by atoms with Crippen LogP contribution in [0.15, 0.2) is 24.3 Å². The van der Waals surface area contributed by atoms with Gasteiger partial charge in [-0.15, -0.1) is 0 Å². The minimum Gasteiger partial charge on any atom is -0.330 e. The Balaban J connectivity index is 1.27. The summed E-state index contributed by atoms with van der Waals surface area (Å²) in [6.07, 6.45) is 8.65. The van der Waals surface area contributed by atoms with E-state index in [4.69, 9.17) is 0 Å². The van der Waals surface area contributed by atoms with Gasteiger partial charge in [0.05, 0.1) is 5.41 Å². The molecule has 1 aliphatic heterocycles. The molecule has 1 saturated heterocycles. The highest BCUT2D eigenvalue weighted by molar-refractivity contribution is 5.98. The lowest BCUT2D eigenvalue weighted by molar-refractivity contribution is -0.160. The summed E-state index contributed by atoms with van der Waals surface area (Å²) < 4.78 is 0. The molecule has 1 atom stereocenters. The smallest absolute Gasteiger partial charge is 0.247 e. The molecule has 4 aliphatic carbocycles. The van der Waals surface area contributed by atoms with Gasteiger partial charge in [0.2, 0.25) is 17.7 Å². The predicted octanol–water partition coefficient (Wildman–Crippen LogP) is 3.79. The number of nitrogens with zero attached hydrogens (tertiary/aromatic N) is 1. The van der Waals surface area contributed by atoms with Gasteiger partial charge in [-0.2, -0.15) is 0 Å². The van der Waals surface area contributed by atoms with Crippen molar-refractivity contribution in [2.75, 3.05) is 17.2 Å². The van der Waals surface area contributed by atoms with Crippen LogP contribution in [0.25, 0.3) is 0 Å². The van der Waals surface area contributed by atoms with Crippen molar-refractivity contribution in [1.82, 2.24) is 4.90 Å². The van der Waals surface area contributed by atoms with Crippen molar-refractivity contribution in [3.63, 3.8) is 0 Å². The molecule has 3 amide bonds. The van der Waals surface area contributed by atoms with Gasteiger partial charge in [0.15, 0.2) is 0 Å². The minimum atomic E-state index is -0.375.